The van der Waals surface area contributed by atoms with Gasteiger partial charge in [-0.25, -0.2) is 14.2 Å². The lowest BCUT2D eigenvalue weighted by Gasteiger charge is -2.07. The molecule has 5 nitrogen and oxygen atoms in total. The van der Waals surface area contributed by atoms with E-state index in [0.717, 1.165) is 6.29 Å². The van der Waals surface area contributed by atoms with E-state index in [9.17, 15) is 9.18 Å². The summed E-state index contributed by atoms with van der Waals surface area (Å²) in [6.07, 6.45) is 1.45. The SMILES string of the molecule is CC=O.O=C(NCc1ccnc(Cl)c1F)Oc1ccccc1. The lowest BCUT2D eigenvalue weighted by atomic mass is 10.2. The van der Waals surface area contributed by atoms with Crippen LogP contribution in [-0.2, 0) is 11.3 Å². The van der Waals surface area contributed by atoms with Gasteiger partial charge in [-0.15, -0.1) is 0 Å². The van der Waals surface area contributed by atoms with Crippen LogP contribution in [0.25, 0.3) is 0 Å². The van der Waals surface area contributed by atoms with Crippen LogP contribution in [0.5, 0.6) is 5.75 Å². The number of carbonyl (C=O) groups is 2. The van der Waals surface area contributed by atoms with Gasteiger partial charge in [0, 0.05) is 18.3 Å². The Kier molecular flexibility index (Phi) is 7.56. The number of benzene rings is 1. The van der Waals surface area contributed by atoms with Crippen molar-refractivity contribution in [2.24, 2.45) is 0 Å². The maximum atomic E-state index is 13.5. The third kappa shape index (κ3) is 5.88. The first-order valence-corrected chi connectivity index (χ1v) is 6.65. The molecule has 1 heterocycles. The number of ether oxygens (including phenoxy) is 1. The second kappa shape index (κ2) is 9.46. The molecule has 1 N–H and O–H groups in total. The number of nitrogens with one attached hydrogen (secondary N) is 1. The van der Waals surface area contributed by atoms with Crippen LogP contribution in [0.4, 0.5) is 9.18 Å². The van der Waals surface area contributed by atoms with Crippen LogP contribution in [0.3, 0.4) is 0 Å². The van der Waals surface area contributed by atoms with E-state index in [4.69, 9.17) is 21.1 Å². The molecule has 0 radical (unpaired) electrons. The summed E-state index contributed by atoms with van der Waals surface area (Å²) < 4.78 is 18.5. The molecule has 0 aliphatic heterocycles. The van der Waals surface area contributed by atoms with Gasteiger partial charge in [-0.05, 0) is 25.1 Å². The molecule has 0 saturated heterocycles. The van der Waals surface area contributed by atoms with Gasteiger partial charge in [-0.2, -0.15) is 0 Å². The highest BCUT2D eigenvalue weighted by molar-refractivity contribution is 6.29. The minimum absolute atomic E-state index is 0.0280. The van der Waals surface area contributed by atoms with Crippen LogP contribution in [0.2, 0.25) is 5.15 Å². The van der Waals surface area contributed by atoms with Crippen molar-refractivity contribution in [1.82, 2.24) is 10.3 Å². The predicted octanol–water partition coefficient (Wildman–Crippen LogP) is 3.37. The highest BCUT2D eigenvalue weighted by atomic mass is 35.5. The van der Waals surface area contributed by atoms with E-state index in [1.807, 2.05) is 0 Å². The Balaban J connectivity index is 0.000000745. The summed E-state index contributed by atoms with van der Waals surface area (Å²) in [4.78, 5) is 23.9. The van der Waals surface area contributed by atoms with Crippen molar-refractivity contribution in [1.29, 1.82) is 0 Å². The molecule has 22 heavy (non-hydrogen) atoms. The third-order valence-corrected chi connectivity index (χ3v) is 2.57. The number of pyridine rings is 1. The van der Waals surface area contributed by atoms with E-state index in [0.29, 0.717) is 5.75 Å². The van der Waals surface area contributed by atoms with Crippen LogP contribution in [-0.4, -0.2) is 17.4 Å². The van der Waals surface area contributed by atoms with E-state index in [-0.39, 0.29) is 17.3 Å². The zero-order valence-corrected chi connectivity index (χ0v) is 12.5. The molecule has 116 valence electrons. The molecule has 7 heteroatoms. The average molecular weight is 325 g/mol. The first-order valence-electron chi connectivity index (χ1n) is 6.27. The fourth-order valence-electron chi connectivity index (χ4n) is 1.39. The maximum Gasteiger partial charge on any atom is 0.412 e. The fraction of sp³-hybridized carbons (Fsp3) is 0.133. The molecule has 0 bridgehead atoms. The molecule has 1 amide bonds. The number of hydrogen-bond acceptors (Lipinski definition) is 4. The Morgan fingerprint density at radius 3 is 2.64 bits per heavy atom. The fourth-order valence-corrected chi connectivity index (χ4v) is 1.57. The number of hydrogen-bond donors (Lipinski definition) is 1. The van der Waals surface area contributed by atoms with Gasteiger partial charge >= 0.3 is 6.09 Å². The van der Waals surface area contributed by atoms with E-state index in [1.54, 1.807) is 30.3 Å². The first kappa shape index (κ1) is 17.6. The van der Waals surface area contributed by atoms with Gasteiger partial charge in [0.15, 0.2) is 11.0 Å². The van der Waals surface area contributed by atoms with Gasteiger partial charge in [0.25, 0.3) is 0 Å². The largest absolute Gasteiger partial charge is 0.412 e. The Labute approximate surface area is 132 Å². The van der Waals surface area contributed by atoms with Crippen LogP contribution >= 0.6 is 11.6 Å². The smallest absolute Gasteiger partial charge is 0.410 e. The van der Waals surface area contributed by atoms with Gasteiger partial charge in [-0.3, -0.25) is 0 Å². The zero-order chi connectivity index (χ0) is 16.4. The second-order valence-corrected chi connectivity index (χ2v) is 4.22. The standard InChI is InChI=1S/C13H10ClFN2O2.C2H4O/c14-12-11(15)9(6-7-16-12)8-17-13(18)19-10-4-2-1-3-5-10;1-2-3/h1-7H,8H2,(H,17,18);2H,1H3. The topological polar surface area (TPSA) is 68.3 Å². The Morgan fingerprint density at radius 1 is 1.36 bits per heavy atom. The molecule has 0 unspecified atom stereocenters. The van der Waals surface area contributed by atoms with Crippen LogP contribution < -0.4 is 10.1 Å². The second-order valence-electron chi connectivity index (χ2n) is 3.87. The van der Waals surface area contributed by atoms with Crippen molar-refractivity contribution in [3.8, 4) is 5.75 Å². The average Bonchev–Trinajstić information content (AvgIpc) is 2.50. The van der Waals surface area contributed by atoms with Gasteiger partial charge in [0.05, 0.1) is 0 Å². The molecule has 1 aromatic heterocycles. The third-order valence-electron chi connectivity index (χ3n) is 2.30. The minimum atomic E-state index is -0.668. The summed E-state index contributed by atoms with van der Waals surface area (Å²) in [6.45, 7) is 1.42. The number of nitrogens with zero attached hydrogens (tertiary/aromatic N) is 1. The lowest BCUT2D eigenvalue weighted by molar-refractivity contribution is -0.106. The quantitative estimate of drug-likeness (QED) is 0.694. The summed E-state index contributed by atoms with van der Waals surface area (Å²) in [5.74, 6) is -0.239. The monoisotopic (exact) mass is 324 g/mol. The maximum absolute atomic E-state index is 13.5. The molecule has 0 atom stereocenters. The summed E-state index contributed by atoms with van der Waals surface area (Å²) in [6, 6.07) is 10.0. The van der Waals surface area contributed by atoms with Crippen LogP contribution in [0, 0.1) is 5.82 Å². The van der Waals surface area contributed by atoms with E-state index < -0.39 is 11.9 Å². The van der Waals surface area contributed by atoms with E-state index >= 15 is 0 Å². The number of aldehydes is 1. The summed E-state index contributed by atoms with van der Waals surface area (Å²) in [7, 11) is 0. The summed E-state index contributed by atoms with van der Waals surface area (Å²) in [5.41, 5.74) is 0.241. The molecule has 0 aliphatic rings. The van der Waals surface area contributed by atoms with Gasteiger partial charge in [-0.1, -0.05) is 29.8 Å². The predicted molar refractivity (Wildman–Crippen MR) is 80.2 cm³/mol. The number of amides is 1. The van der Waals surface area contributed by atoms with E-state index in [2.05, 4.69) is 10.3 Å². The van der Waals surface area contributed by atoms with Crippen molar-refractivity contribution in [3.05, 3.63) is 59.1 Å². The number of para-hydroxylation sites is 1. The Bertz CT molecular complexity index is 623. The van der Waals surface area contributed by atoms with Crippen molar-refractivity contribution in [2.45, 2.75) is 13.5 Å². The van der Waals surface area contributed by atoms with Gasteiger partial charge in [0.1, 0.15) is 12.0 Å². The number of rotatable bonds is 3. The Morgan fingerprint density at radius 2 is 2.00 bits per heavy atom. The molecule has 0 fully saturated rings. The van der Waals surface area contributed by atoms with Gasteiger partial charge < -0.3 is 14.8 Å². The van der Waals surface area contributed by atoms with Crippen molar-refractivity contribution in [3.63, 3.8) is 0 Å². The van der Waals surface area contributed by atoms with Crippen LogP contribution in [0.1, 0.15) is 12.5 Å². The normalized spacial score (nSPS) is 9.23. The molecule has 2 rings (SSSR count). The number of halogens is 2. The van der Waals surface area contributed by atoms with Crippen molar-refractivity contribution < 1.29 is 18.7 Å². The first-order chi connectivity index (χ1) is 10.6. The van der Waals surface area contributed by atoms with Crippen molar-refractivity contribution >= 4 is 24.0 Å². The van der Waals surface area contributed by atoms with Gasteiger partial charge in [0.2, 0.25) is 0 Å². The van der Waals surface area contributed by atoms with Crippen LogP contribution in [0.15, 0.2) is 42.6 Å². The number of carbonyl (C=O) groups excluding carboxylic acids is 2. The summed E-state index contributed by atoms with van der Waals surface area (Å²) in [5, 5.41) is 2.20. The molecule has 1 aromatic carbocycles. The highest BCUT2D eigenvalue weighted by Gasteiger charge is 2.09. The molecule has 0 saturated carbocycles. The molecule has 0 aliphatic carbocycles. The molecule has 0 spiro atoms. The lowest BCUT2D eigenvalue weighted by Crippen LogP contribution is -2.26. The molecular formula is C15H14ClFN2O3. The van der Waals surface area contributed by atoms with E-state index in [1.165, 1.54) is 19.2 Å². The minimum Gasteiger partial charge on any atom is -0.410 e. The van der Waals surface area contributed by atoms with Crippen molar-refractivity contribution in [2.75, 3.05) is 0 Å². The Hall–Kier alpha value is -2.47. The number of aromatic nitrogens is 1. The molecular weight excluding hydrogens is 311 g/mol. The highest BCUT2D eigenvalue weighted by Crippen LogP contribution is 2.14. The molecule has 2 aromatic rings. The zero-order valence-electron chi connectivity index (χ0n) is 11.8. The summed E-state index contributed by atoms with van der Waals surface area (Å²) >= 11 is 5.53.